The van der Waals surface area contributed by atoms with E-state index in [1.807, 2.05) is 0 Å². The first-order valence-electron chi connectivity index (χ1n) is 5.36. The lowest BCUT2D eigenvalue weighted by molar-refractivity contribution is -0.385. The molecule has 6 nitrogen and oxygen atoms in total. The second kappa shape index (κ2) is 5.01. The number of rotatable bonds is 5. The summed E-state index contributed by atoms with van der Waals surface area (Å²) in [4.78, 5) is 10.2. The molecule has 0 spiro atoms. The van der Waals surface area contributed by atoms with E-state index in [0.717, 1.165) is 13.1 Å². The highest BCUT2D eigenvalue weighted by Crippen LogP contribution is 2.31. The highest BCUT2D eigenvalue weighted by molar-refractivity contribution is 5.48. The summed E-state index contributed by atoms with van der Waals surface area (Å²) in [6.45, 7) is 2.40. The van der Waals surface area contributed by atoms with Gasteiger partial charge in [0.1, 0.15) is 0 Å². The Hall–Kier alpha value is -1.82. The van der Waals surface area contributed by atoms with E-state index in [-0.39, 0.29) is 5.69 Å². The maximum absolute atomic E-state index is 10.7. The topological polar surface area (TPSA) is 73.6 Å². The molecule has 17 heavy (non-hydrogen) atoms. The summed E-state index contributed by atoms with van der Waals surface area (Å²) in [5.74, 6) is 1.41. The van der Waals surface area contributed by atoms with Gasteiger partial charge in [0.05, 0.1) is 24.7 Å². The van der Waals surface area contributed by atoms with E-state index in [9.17, 15) is 10.1 Å². The molecule has 1 aromatic carbocycles. The van der Waals surface area contributed by atoms with E-state index in [4.69, 9.17) is 9.47 Å². The number of hydrogen-bond donors (Lipinski definition) is 1. The Morgan fingerprint density at radius 3 is 2.76 bits per heavy atom. The average Bonchev–Trinajstić information content (AvgIpc) is 2.26. The van der Waals surface area contributed by atoms with Crippen molar-refractivity contribution in [3.63, 3.8) is 0 Å². The molecular weight excluding hydrogens is 224 g/mol. The van der Waals surface area contributed by atoms with Gasteiger partial charge in [-0.25, -0.2) is 0 Å². The quantitative estimate of drug-likeness (QED) is 0.616. The first-order chi connectivity index (χ1) is 8.20. The van der Waals surface area contributed by atoms with E-state index < -0.39 is 4.92 Å². The summed E-state index contributed by atoms with van der Waals surface area (Å²) in [5.41, 5.74) is 0.00698. The first-order valence-corrected chi connectivity index (χ1v) is 5.36. The predicted molar refractivity (Wildman–Crippen MR) is 61.5 cm³/mol. The van der Waals surface area contributed by atoms with Crippen LogP contribution in [0.4, 0.5) is 5.69 Å². The van der Waals surface area contributed by atoms with Crippen LogP contribution in [0.2, 0.25) is 0 Å². The van der Waals surface area contributed by atoms with Gasteiger partial charge in [-0.05, 0) is 6.07 Å². The largest absolute Gasteiger partial charge is 0.493 e. The third kappa shape index (κ3) is 2.65. The standard InChI is InChI=1S/C11H14N2O4/c1-16-10-3-2-9(13(14)15)4-11(10)17-7-8-5-12-6-8/h2-4,8,12H,5-7H2,1H3. The van der Waals surface area contributed by atoms with Crippen molar-refractivity contribution >= 4 is 5.69 Å². The highest BCUT2D eigenvalue weighted by atomic mass is 16.6. The lowest BCUT2D eigenvalue weighted by Crippen LogP contribution is -2.45. The third-order valence-electron chi connectivity index (χ3n) is 2.70. The number of ether oxygens (including phenoxy) is 2. The SMILES string of the molecule is COc1ccc([N+](=O)[O-])cc1OCC1CNC1. The third-order valence-corrected chi connectivity index (χ3v) is 2.70. The van der Waals surface area contributed by atoms with Crippen LogP contribution in [-0.4, -0.2) is 31.7 Å². The zero-order valence-corrected chi connectivity index (χ0v) is 9.51. The maximum Gasteiger partial charge on any atom is 0.273 e. The Kier molecular flexibility index (Phi) is 3.43. The van der Waals surface area contributed by atoms with Crippen molar-refractivity contribution in [3.05, 3.63) is 28.3 Å². The van der Waals surface area contributed by atoms with Gasteiger partial charge in [0.15, 0.2) is 11.5 Å². The fraction of sp³-hybridized carbons (Fsp3) is 0.455. The van der Waals surface area contributed by atoms with Gasteiger partial charge in [0.2, 0.25) is 0 Å². The van der Waals surface area contributed by atoms with Gasteiger partial charge >= 0.3 is 0 Å². The van der Waals surface area contributed by atoms with Crippen LogP contribution >= 0.6 is 0 Å². The summed E-state index contributed by atoms with van der Waals surface area (Å²) >= 11 is 0. The number of non-ortho nitro benzene ring substituents is 1. The van der Waals surface area contributed by atoms with Crippen molar-refractivity contribution in [2.45, 2.75) is 0 Å². The van der Waals surface area contributed by atoms with Crippen LogP contribution in [0.3, 0.4) is 0 Å². The molecule has 1 aromatic rings. The zero-order valence-electron chi connectivity index (χ0n) is 9.51. The van der Waals surface area contributed by atoms with Gasteiger partial charge in [-0.1, -0.05) is 0 Å². The van der Waals surface area contributed by atoms with Gasteiger partial charge in [-0.3, -0.25) is 10.1 Å². The molecule has 0 saturated carbocycles. The molecule has 2 rings (SSSR count). The van der Waals surface area contributed by atoms with Crippen molar-refractivity contribution in [1.82, 2.24) is 5.32 Å². The number of nitrogens with zero attached hydrogens (tertiary/aromatic N) is 1. The normalized spacial score (nSPS) is 15.1. The number of nitrogens with one attached hydrogen (secondary N) is 1. The first kappa shape index (κ1) is 11.7. The Balaban J connectivity index is 2.10. The van der Waals surface area contributed by atoms with Crippen LogP contribution in [0.15, 0.2) is 18.2 Å². The molecule has 1 fully saturated rings. The lowest BCUT2D eigenvalue weighted by atomic mass is 10.1. The number of benzene rings is 1. The molecule has 1 aliphatic heterocycles. The van der Waals surface area contributed by atoms with E-state index in [2.05, 4.69) is 5.32 Å². The summed E-state index contributed by atoms with van der Waals surface area (Å²) in [6, 6.07) is 4.34. The van der Waals surface area contributed by atoms with Crippen LogP contribution in [-0.2, 0) is 0 Å². The second-order valence-electron chi connectivity index (χ2n) is 3.93. The van der Waals surface area contributed by atoms with Crippen molar-refractivity contribution in [2.75, 3.05) is 26.8 Å². The summed E-state index contributed by atoms with van der Waals surface area (Å²) in [7, 11) is 1.51. The molecule has 92 valence electrons. The minimum atomic E-state index is -0.447. The minimum absolute atomic E-state index is 0.00698. The van der Waals surface area contributed by atoms with Crippen molar-refractivity contribution in [3.8, 4) is 11.5 Å². The smallest absolute Gasteiger partial charge is 0.273 e. The van der Waals surface area contributed by atoms with E-state index in [0.29, 0.717) is 24.0 Å². The Bertz CT molecular complexity index is 418. The van der Waals surface area contributed by atoms with Crippen LogP contribution in [0, 0.1) is 16.0 Å². The highest BCUT2D eigenvalue weighted by Gasteiger charge is 2.19. The Labute approximate surface area is 98.7 Å². The maximum atomic E-state index is 10.7. The fourth-order valence-corrected chi connectivity index (χ4v) is 1.57. The van der Waals surface area contributed by atoms with Gasteiger partial charge in [-0.2, -0.15) is 0 Å². The molecular formula is C11H14N2O4. The van der Waals surface area contributed by atoms with Gasteiger partial charge < -0.3 is 14.8 Å². The van der Waals surface area contributed by atoms with Crippen molar-refractivity contribution in [1.29, 1.82) is 0 Å². The number of nitro groups is 1. The Morgan fingerprint density at radius 1 is 1.47 bits per heavy atom. The lowest BCUT2D eigenvalue weighted by Gasteiger charge is -2.27. The van der Waals surface area contributed by atoms with E-state index in [1.54, 1.807) is 6.07 Å². The predicted octanol–water partition coefficient (Wildman–Crippen LogP) is 1.20. The summed E-state index contributed by atoms with van der Waals surface area (Å²) < 4.78 is 10.7. The molecule has 0 atom stereocenters. The molecule has 6 heteroatoms. The number of hydrogen-bond acceptors (Lipinski definition) is 5. The van der Waals surface area contributed by atoms with Gasteiger partial charge in [0, 0.05) is 25.1 Å². The van der Waals surface area contributed by atoms with Crippen molar-refractivity contribution < 1.29 is 14.4 Å². The Morgan fingerprint density at radius 2 is 2.24 bits per heavy atom. The van der Waals surface area contributed by atoms with Gasteiger partial charge in [-0.15, -0.1) is 0 Å². The van der Waals surface area contributed by atoms with E-state index in [1.165, 1.54) is 19.2 Å². The van der Waals surface area contributed by atoms with Crippen LogP contribution in [0.5, 0.6) is 11.5 Å². The molecule has 1 heterocycles. The molecule has 0 unspecified atom stereocenters. The second-order valence-corrected chi connectivity index (χ2v) is 3.93. The molecule has 0 radical (unpaired) electrons. The molecule has 0 aliphatic carbocycles. The molecule has 0 bridgehead atoms. The van der Waals surface area contributed by atoms with Crippen molar-refractivity contribution in [2.24, 2.45) is 5.92 Å². The van der Waals surface area contributed by atoms with Crippen LogP contribution in [0.1, 0.15) is 0 Å². The molecule has 1 saturated heterocycles. The summed E-state index contributed by atoms with van der Waals surface area (Å²) in [5, 5.41) is 13.8. The molecule has 1 N–H and O–H groups in total. The van der Waals surface area contributed by atoms with Gasteiger partial charge in [0.25, 0.3) is 5.69 Å². The zero-order chi connectivity index (χ0) is 12.3. The fourth-order valence-electron chi connectivity index (χ4n) is 1.57. The molecule has 1 aliphatic rings. The minimum Gasteiger partial charge on any atom is -0.493 e. The molecule has 0 amide bonds. The number of nitro benzene ring substituents is 1. The van der Waals surface area contributed by atoms with Crippen LogP contribution in [0.25, 0.3) is 0 Å². The monoisotopic (exact) mass is 238 g/mol. The average molecular weight is 238 g/mol. The number of methoxy groups -OCH3 is 1. The summed E-state index contributed by atoms with van der Waals surface area (Å²) in [6.07, 6.45) is 0. The van der Waals surface area contributed by atoms with E-state index >= 15 is 0 Å². The molecule has 0 aromatic heterocycles. The van der Waals surface area contributed by atoms with Crippen LogP contribution < -0.4 is 14.8 Å².